The van der Waals surface area contributed by atoms with Gasteiger partial charge < -0.3 is 0 Å². The van der Waals surface area contributed by atoms with Crippen LogP contribution in [0.3, 0.4) is 0 Å². The zero-order valence-corrected chi connectivity index (χ0v) is 14.7. The molecule has 0 aromatic carbocycles. The van der Waals surface area contributed by atoms with Gasteiger partial charge in [0.2, 0.25) is 0 Å². The Labute approximate surface area is 219 Å². The van der Waals surface area contributed by atoms with Gasteiger partial charge in [-0.2, -0.15) is 0 Å². The molecule has 0 nitrogen and oxygen atoms in total. The molecule has 0 amide bonds. The van der Waals surface area contributed by atoms with Gasteiger partial charge in [-0.25, -0.2) is 0 Å². The molecule has 0 aromatic rings. The molecule has 0 saturated carbocycles. The molecule has 0 fully saturated rings. The summed E-state index contributed by atoms with van der Waals surface area (Å²) < 4.78 is 0. The van der Waals surface area contributed by atoms with Gasteiger partial charge in [0, 0.05) is 0 Å². The molecule has 0 bridgehead atoms. The van der Waals surface area contributed by atoms with Crippen molar-refractivity contribution in [3.8, 4) is 0 Å². The first kappa shape index (κ1) is 201. The van der Waals surface area contributed by atoms with Crippen molar-refractivity contribution in [1.82, 2.24) is 0 Å². The fraction of sp³-hybridized carbons (Fsp3) is 0. The third kappa shape index (κ3) is 145. The summed E-state index contributed by atoms with van der Waals surface area (Å²) in [6, 6.07) is 0. The summed E-state index contributed by atoms with van der Waals surface area (Å²) in [6.45, 7) is 0. The molecule has 0 aliphatic heterocycles. The summed E-state index contributed by atoms with van der Waals surface area (Å²) in [5.41, 5.74) is 0. The van der Waals surface area contributed by atoms with Crippen LogP contribution in [0.15, 0.2) is 0 Å². The molecular formula is H16Ca2Cl12. The van der Waals surface area contributed by atoms with E-state index in [0.717, 1.165) is 0 Å². The molecule has 14 heavy (non-hydrogen) atoms. The van der Waals surface area contributed by atoms with Gasteiger partial charge in [0.1, 0.15) is 0 Å². The van der Waals surface area contributed by atoms with E-state index >= 15 is 0 Å². The van der Waals surface area contributed by atoms with Crippen molar-refractivity contribution in [1.29, 1.82) is 0 Å². The van der Waals surface area contributed by atoms with Crippen molar-refractivity contribution in [3.05, 3.63) is 0 Å². The van der Waals surface area contributed by atoms with Gasteiger partial charge in [0.15, 0.2) is 0 Å². The molecule has 0 radical (unpaired) electrons. The first-order valence-electron chi connectivity index (χ1n) is 0. The Morgan fingerprint density at radius 3 is 0.143 bits per heavy atom. The summed E-state index contributed by atoms with van der Waals surface area (Å²) >= 11 is 0. The standard InChI is InChI=1S/2Ca.12ClH.4H/h;;12*1H;;;;. The van der Waals surface area contributed by atoms with E-state index in [2.05, 4.69) is 0 Å². The molecular weight excluding hydrogens is 506 g/mol. The Hall–Kier alpha value is 6.00. The first-order valence-corrected chi connectivity index (χ1v) is 0. The molecule has 0 aliphatic carbocycles. The van der Waals surface area contributed by atoms with Gasteiger partial charge in [-0.1, -0.05) is 0 Å². The van der Waals surface area contributed by atoms with Gasteiger partial charge in [0.05, 0.1) is 0 Å². The summed E-state index contributed by atoms with van der Waals surface area (Å²) in [5.74, 6) is 0. The SMILES string of the molecule is Cl.Cl.Cl.Cl.Cl.Cl.Cl.Cl.Cl.Cl.Cl.Cl.[CaH2].[CaH2]. The topological polar surface area (TPSA) is 0 Å². The Morgan fingerprint density at radius 2 is 0.143 bits per heavy atom. The van der Waals surface area contributed by atoms with Gasteiger partial charge in [-0.3, -0.25) is 0 Å². The molecule has 14 heteroatoms. The van der Waals surface area contributed by atoms with Gasteiger partial charge >= 0.3 is 75.5 Å². The van der Waals surface area contributed by atoms with Crippen molar-refractivity contribution in [2.45, 2.75) is 0 Å². The molecule has 0 atom stereocenters. The van der Waals surface area contributed by atoms with E-state index in [4.69, 9.17) is 0 Å². The van der Waals surface area contributed by atoms with E-state index in [-0.39, 0.29) is 224 Å². The first-order chi connectivity index (χ1) is 0. The molecule has 0 unspecified atom stereocenters. The minimum atomic E-state index is 0. The number of rotatable bonds is 0. The monoisotopic (exact) mass is 516 g/mol. The second kappa shape index (κ2) is 171. The Kier molecular flexibility index (Phi) is 2450. The quantitative estimate of drug-likeness (QED) is 0.430. The summed E-state index contributed by atoms with van der Waals surface area (Å²) in [5, 5.41) is 0. The van der Waals surface area contributed by atoms with Crippen LogP contribution in [0.2, 0.25) is 0 Å². The van der Waals surface area contributed by atoms with Crippen LogP contribution in [0, 0.1) is 0 Å². The zero-order chi connectivity index (χ0) is 0. The number of halogens is 12. The van der Waals surface area contributed by atoms with E-state index in [1.54, 1.807) is 0 Å². The normalized spacial score (nSPS) is 0. The Bertz CT molecular complexity index is 8.28. The van der Waals surface area contributed by atoms with Crippen molar-refractivity contribution in [2.24, 2.45) is 0 Å². The van der Waals surface area contributed by atoms with Crippen molar-refractivity contribution in [3.63, 3.8) is 0 Å². The van der Waals surface area contributed by atoms with Crippen LogP contribution in [-0.4, -0.2) is 75.5 Å². The van der Waals surface area contributed by atoms with Crippen LogP contribution >= 0.6 is 149 Å². The maximum absolute atomic E-state index is 0. The Morgan fingerprint density at radius 1 is 0.143 bits per heavy atom. The Balaban J connectivity index is 0. The van der Waals surface area contributed by atoms with Crippen LogP contribution in [0.4, 0.5) is 0 Å². The van der Waals surface area contributed by atoms with Crippen LogP contribution < -0.4 is 0 Å². The van der Waals surface area contributed by atoms with E-state index in [0.29, 0.717) is 0 Å². The van der Waals surface area contributed by atoms with Crippen molar-refractivity contribution < 1.29 is 0 Å². The summed E-state index contributed by atoms with van der Waals surface area (Å²) in [4.78, 5) is 0. The maximum atomic E-state index is 0. The fourth-order valence-corrected chi connectivity index (χ4v) is 0. The fourth-order valence-electron chi connectivity index (χ4n) is 0. The molecule has 0 aromatic heterocycles. The third-order valence-corrected chi connectivity index (χ3v) is 0. The van der Waals surface area contributed by atoms with Gasteiger partial charge in [-0.15, -0.1) is 149 Å². The predicted octanol–water partition coefficient (Wildman–Crippen LogP) is 3.23. The molecule has 104 valence electrons. The van der Waals surface area contributed by atoms with Gasteiger partial charge in [-0.05, 0) is 0 Å². The summed E-state index contributed by atoms with van der Waals surface area (Å²) in [6.07, 6.45) is 0. The third-order valence-electron chi connectivity index (χ3n) is 0. The van der Waals surface area contributed by atoms with E-state index in [1.165, 1.54) is 0 Å². The molecule has 0 aliphatic rings. The average Bonchev–Trinajstić information content (AvgIpc) is 0. The molecule has 0 heterocycles. The van der Waals surface area contributed by atoms with E-state index in [9.17, 15) is 0 Å². The van der Waals surface area contributed by atoms with Crippen molar-refractivity contribution >= 4 is 224 Å². The number of hydrogen-bond acceptors (Lipinski definition) is 0. The zero-order valence-electron chi connectivity index (χ0n) is 4.90. The van der Waals surface area contributed by atoms with Crippen LogP contribution in [-0.2, 0) is 0 Å². The van der Waals surface area contributed by atoms with E-state index in [1.807, 2.05) is 0 Å². The summed E-state index contributed by atoms with van der Waals surface area (Å²) in [7, 11) is 0. The second-order valence-electron chi connectivity index (χ2n) is 0. The molecule has 0 rings (SSSR count). The van der Waals surface area contributed by atoms with Crippen LogP contribution in [0.5, 0.6) is 0 Å². The molecule has 0 spiro atoms. The van der Waals surface area contributed by atoms with Crippen LogP contribution in [0.1, 0.15) is 0 Å². The van der Waals surface area contributed by atoms with E-state index < -0.39 is 0 Å². The second-order valence-corrected chi connectivity index (χ2v) is 0. The van der Waals surface area contributed by atoms with Crippen LogP contribution in [0.25, 0.3) is 0 Å². The number of hydrogen-bond donors (Lipinski definition) is 0. The van der Waals surface area contributed by atoms with Gasteiger partial charge in [0.25, 0.3) is 0 Å². The molecule has 0 saturated heterocycles. The molecule has 0 N–H and O–H groups in total. The minimum absolute atomic E-state index is 0. The predicted molar refractivity (Wildman–Crippen MR) is 104 cm³/mol. The van der Waals surface area contributed by atoms with Crippen molar-refractivity contribution in [2.75, 3.05) is 0 Å². The average molecular weight is 522 g/mol.